The van der Waals surface area contributed by atoms with Crippen LogP contribution in [0, 0.1) is 11.8 Å². The predicted octanol–water partition coefficient (Wildman–Crippen LogP) is 0.933. The lowest BCUT2D eigenvalue weighted by Gasteiger charge is -2.21. The Kier molecular flexibility index (Phi) is 7.15. The summed E-state index contributed by atoms with van der Waals surface area (Å²) in [5, 5.41) is 3.49. The number of nitrogens with one attached hydrogen (secondary N) is 1. The number of hydrogen-bond acceptors (Lipinski definition) is 3. The van der Waals surface area contributed by atoms with Crippen LogP contribution in [0.3, 0.4) is 0 Å². The van der Waals surface area contributed by atoms with Crippen LogP contribution in [0.1, 0.15) is 34.1 Å². The highest BCUT2D eigenvalue weighted by molar-refractivity contribution is 4.71. The predicted molar refractivity (Wildman–Crippen MR) is 63.1 cm³/mol. The van der Waals surface area contributed by atoms with Crippen LogP contribution in [0.4, 0.5) is 0 Å². The van der Waals surface area contributed by atoms with Gasteiger partial charge in [0.05, 0.1) is 0 Å². The summed E-state index contributed by atoms with van der Waals surface area (Å²) in [4.78, 5) is 0. The molecule has 0 fully saturated rings. The van der Waals surface area contributed by atoms with Gasteiger partial charge < -0.3 is 16.8 Å². The van der Waals surface area contributed by atoms with Gasteiger partial charge in [-0.1, -0.05) is 13.8 Å². The maximum absolute atomic E-state index is 5.79. The van der Waals surface area contributed by atoms with Gasteiger partial charge in [0.25, 0.3) is 0 Å². The number of hydrogen-bond donors (Lipinski definition) is 3. The molecular weight excluding hydrogens is 174 g/mol. The largest absolute Gasteiger partial charge is 0.330 e. The molecule has 0 aromatic carbocycles. The Morgan fingerprint density at radius 1 is 1.14 bits per heavy atom. The van der Waals surface area contributed by atoms with E-state index in [1.165, 1.54) is 0 Å². The van der Waals surface area contributed by atoms with Crippen molar-refractivity contribution in [1.29, 1.82) is 0 Å². The van der Waals surface area contributed by atoms with Crippen LogP contribution in [-0.4, -0.2) is 25.2 Å². The van der Waals surface area contributed by atoms with Crippen molar-refractivity contribution >= 4 is 0 Å². The normalized spacial score (nSPS) is 20.1. The Bertz CT molecular complexity index is 136. The molecule has 14 heavy (non-hydrogen) atoms. The molecule has 0 saturated heterocycles. The SMILES string of the molecule is CC(CN)CC(C)NCC(C)C(C)N. The average Bonchev–Trinajstić information content (AvgIpc) is 2.13. The van der Waals surface area contributed by atoms with Crippen LogP contribution in [-0.2, 0) is 0 Å². The van der Waals surface area contributed by atoms with Crippen LogP contribution in [0.15, 0.2) is 0 Å². The minimum absolute atomic E-state index is 0.265. The molecule has 0 aliphatic carbocycles. The average molecular weight is 201 g/mol. The zero-order chi connectivity index (χ0) is 11.1. The summed E-state index contributed by atoms with van der Waals surface area (Å²) in [6, 6.07) is 0.802. The van der Waals surface area contributed by atoms with Crippen LogP contribution in [0.25, 0.3) is 0 Å². The van der Waals surface area contributed by atoms with E-state index in [1.807, 2.05) is 0 Å². The molecule has 0 aromatic rings. The third-order valence-electron chi connectivity index (χ3n) is 2.84. The fraction of sp³-hybridized carbons (Fsp3) is 1.00. The van der Waals surface area contributed by atoms with Gasteiger partial charge >= 0.3 is 0 Å². The summed E-state index contributed by atoms with van der Waals surface area (Å²) in [6.45, 7) is 10.4. The number of nitrogens with two attached hydrogens (primary N) is 2. The maximum atomic E-state index is 5.79. The van der Waals surface area contributed by atoms with Crippen molar-refractivity contribution in [3.8, 4) is 0 Å². The Morgan fingerprint density at radius 3 is 2.14 bits per heavy atom. The smallest absolute Gasteiger partial charge is 0.00482 e. The van der Waals surface area contributed by atoms with Gasteiger partial charge in [-0.25, -0.2) is 0 Å². The van der Waals surface area contributed by atoms with E-state index in [0.29, 0.717) is 17.9 Å². The molecule has 4 atom stereocenters. The zero-order valence-corrected chi connectivity index (χ0v) is 10.1. The second-order valence-electron chi connectivity index (χ2n) is 4.72. The second kappa shape index (κ2) is 7.21. The summed E-state index contributed by atoms with van der Waals surface area (Å²) < 4.78 is 0. The van der Waals surface area contributed by atoms with Crippen LogP contribution in [0.2, 0.25) is 0 Å². The second-order valence-corrected chi connectivity index (χ2v) is 4.72. The zero-order valence-electron chi connectivity index (χ0n) is 10.1. The maximum Gasteiger partial charge on any atom is 0.00482 e. The van der Waals surface area contributed by atoms with Gasteiger partial charge in [-0.3, -0.25) is 0 Å². The highest BCUT2D eigenvalue weighted by Gasteiger charge is 2.10. The molecular formula is C11H27N3. The molecule has 0 bridgehead atoms. The lowest BCUT2D eigenvalue weighted by atomic mass is 10.0. The van der Waals surface area contributed by atoms with Crippen molar-refractivity contribution in [2.75, 3.05) is 13.1 Å². The van der Waals surface area contributed by atoms with Crippen molar-refractivity contribution in [2.45, 2.75) is 46.2 Å². The quantitative estimate of drug-likeness (QED) is 0.574. The van der Waals surface area contributed by atoms with E-state index in [0.717, 1.165) is 19.5 Å². The third kappa shape index (κ3) is 6.35. The molecule has 0 spiro atoms. The topological polar surface area (TPSA) is 64.1 Å². The van der Waals surface area contributed by atoms with Crippen molar-refractivity contribution in [1.82, 2.24) is 5.32 Å². The van der Waals surface area contributed by atoms with E-state index in [2.05, 4.69) is 33.0 Å². The van der Waals surface area contributed by atoms with E-state index in [9.17, 15) is 0 Å². The Hall–Kier alpha value is -0.120. The van der Waals surface area contributed by atoms with Gasteiger partial charge in [0.2, 0.25) is 0 Å². The van der Waals surface area contributed by atoms with Gasteiger partial charge in [0.1, 0.15) is 0 Å². The van der Waals surface area contributed by atoms with Gasteiger partial charge in [0.15, 0.2) is 0 Å². The molecule has 0 aliphatic heterocycles. The summed E-state index contributed by atoms with van der Waals surface area (Å²) in [5.41, 5.74) is 11.4. The first-order valence-corrected chi connectivity index (χ1v) is 5.66. The number of rotatable bonds is 7. The Labute approximate surface area is 88.6 Å². The molecule has 0 aliphatic rings. The first-order chi connectivity index (χ1) is 6.47. The van der Waals surface area contributed by atoms with Crippen molar-refractivity contribution in [3.05, 3.63) is 0 Å². The molecule has 0 amide bonds. The van der Waals surface area contributed by atoms with Crippen molar-refractivity contribution in [2.24, 2.45) is 23.3 Å². The van der Waals surface area contributed by atoms with Gasteiger partial charge in [-0.15, -0.1) is 0 Å². The standard InChI is InChI=1S/C11H27N3/c1-8(6-12)5-10(3)14-7-9(2)11(4)13/h8-11,14H,5-7,12-13H2,1-4H3. The summed E-state index contributed by atoms with van der Waals surface area (Å²) in [5.74, 6) is 1.13. The third-order valence-corrected chi connectivity index (χ3v) is 2.84. The first kappa shape index (κ1) is 13.9. The highest BCUT2D eigenvalue weighted by atomic mass is 14.9. The minimum Gasteiger partial charge on any atom is -0.330 e. The molecule has 0 radical (unpaired) electrons. The summed E-state index contributed by atoms with van der Waals surface area (Å²) in [6.07, 6.45) is 1.14. The van der Waals surface area contributed by atoms with Crippen molar-refractivity contribution < 1.29 is 0 Å². The lowest BCUT2D eigenvalue weighted by Crippen LogP contribution is -2.38. The minimum atomic E-state index is 0.265. The molecule has 0 saturated carbocycles. The van der Waals surface area contributed by atoms with Gasteiger partial charge in [-0.2, -0.15) is 0 Å². The summed E-state index contributed by atoms with van der Waals surface area (Å²) in [7, 11) is 0. The first-order valence-electron chi connectivity index (χ1n) is 5.66. The summed E-state index contributed by atoms with van der Waals surface area (Å²) >= 11 is 0. The van der Waals surface area contributed by atoms with E-state index >= 15 is 0 Å². The van der Waals surface area contributed by atoms with E-state index in [-0.39, 0.29) is 6.04 Å². The van der Waals surface area contributed by atoms with E-state index in [4.69, 9.17) is 11.5 Å². The molecule has 4 unspecified atom stereocenters. The van der Waals surface area contributed by atoms with E-state index < -0.39 is 0 Å². The Balaban J connectivity index is 3.58. The lowest BCUT2D eigenvalue weighted by molar-refractivity contribution is 0.376. The molecule has 86 valence electrons. The molecule has 3 nitrogen and oxygen atoms in total. The molecule has 0 rings (SSSR count). The highest BCUT2D eigenvalue weighted by Crippen LogP contribution is 2.05. The van der Waals surface area contributed by atoms with Crippen LogP contribution < -0.4 is 16.8 Å². The van der Waals surface area contributed by atoms with E-state index in [1.54, 1.807) is 0 Å². The van der Waals surface area contributed by atoms with Gasteiger partial charge in [0, 0.05) is 12.1 Å². The molecule has 5 N–H and O–H groups in total. The fourth-order valence-electron chi connectivity index (χ4n) is 1.36. The Morgan fingerprint density at radius 2 is 1.71 bits per heavy atom. The molecule has 0 heterocycles. The monoisotopic (exact) mass is 201 g/mol. The molecule has 3 heteroatoms. The van der Waals surface area contributed by atoms with Crippen molar-refractivity contribution in [3.63, 3.8) is 0 Å². The van der Waals surface area contributed by atoms with Crippen LogP contribution in [0.5, 0.6) is 0 Å². The van der Waals surface area contributed by atoms with Gasteiger partial charge in [-0.05, 0) is 45.2 Å². The molecule has 0 aromatic heterocycles. The fourth-order valence-corrected chi connectivity index (χ4v) is 1.36. The van der Waals surface area contributed by atoms with Crippen LogP contribution >= 0.6 is 0 Å².